The molecule has 25 heavy (non-hydrogen) atoms. The van der Waals surface area contributed by atoms with Gasteiger partial charge in [0.15, 0.2) is 15.8 Å². The van der Waals surface area contributed by atoms with Gasteiger partial charge in [-0.25, -0.2) is 0 Å². The summed E-state index contributed by atoms with van der Waals surface area (Å²) < 4.78 is 6.74. The van der Waals surface area contributed by atoms with E-state index in [2.05, 4.69) is 15.9 Å². The number of thiocarbonyl (C=S) groups is 1. The first-order valence-corrected chi connectivity index (χ1v) is 9.50. The van der Waals surface area contributed by atoms with E-state index in [1.165, 1.54) is 16.7 Å². The number of amides is 1. The summed E-state index contributed by atoms with van der Waals surface area (Å²) in [4.78, 5) is 14.8. The summed E-state index contributed by atoms with van der Waals surface area (Å²) in [6.45, 7) is 2.29. The lowest BCUT2D eigenvalue weighted by molar-refractivity contribution is -0.113. The Morgan fingerprint density at radius 1 is 1.32 bits per heavy atom. The van der Waals surface area contributed by atoms with E-state index in [0.29, 0.717) is 21.6 Å². The fourth-order valence-electron chi connectivity index (χ4n) is 2.35. The number of phenolic OH excluding ortho intramolecular Hbond substituents is 1. The highest BCUT2D eigenvalue weighted by atomic mass is 79.9. The maximum Gasteiger partial charge on any atom is 0.270 e. The van der Waals surface area contributed by atoms with Gasteiger partial charge in [0.25, 0.3) is 5.91 Å². The number of carbonyl (C=O) groups is 1. The standard InChI is InChI=1S/C18H14BrNO3S2/c1-2-23-15-8-11(6-7-14(15)21)9-16-17(22)20(18(24)25-16)13-5-3-4-12(19)10-13/h3-10,21H,2H2,1H3/b16-9+. The number of thioether (sulfide) groups is 1. The monoisotopic (exact) mass is 435 g/mol. The maximum atomic E-state index is 12.8. The van der Waals surface area contributed by atoms with Crippen molar-refractivity contribution in [1.29, 1.82) is 0 Å². The molecule has 0 aromatic heterocycles. The molecule has 2 aromatic rings. The number of anilines is 1. The Morgan fingerprint density at radius 3 is 2.84 bits per heavy atom. The van der Waals surface area contributed by atoms with Gasteiger partial charge in [-0.05, 0) is 48.9 Å². The van der Waals surface area contributed by atoms with E-state index < -0.39 is 0 Å². The molecule has 1 N–H and O–H groups in total. The van der Waals surface area contributed by atoms with E-state index in [0.717, 1.165) is 15.7 Å². The molecule has 1 aliphatic rings. The second kappa shape index (κ2) is 7.59. The Balaban J connectivity index is 1.92. The average molecular weight is 436 g/mol. The van der Waals surface area contributed by atoms with Crippen molar-refractivity contribution in [3.63, 3.8) is 0 Å². The number of hydrogen-bond donors (Lipinski definition) is 1. The van der Waals surface area contributed by atoms with Crippen LogP contribution in [0.2, 0.25) is 0 Å². The SMILES string of the molecule is CCOc1cc(/C=C2/SC(=S)N(c3cccc(Br)c3)C2=O)ccc1O. The highest BCUT2D eigenvalue weighted by Crippen LogP contribution is 2.37. The molecule has 0 spiro atoms. The highest BCUT2D eigenvalue weighted by molar-refractivity contribution is 9.10. The zero-order chi connectivity index (χ0) is 18.0. The Hall–Kier alpha value is -1.83. The van der Waals surface area contributed by atoms with Gasteiger partial charge in [-0.15, -0.1) is 0 Å². The first-order chi connectivity index (χ1) is 12.0. The predicted octanol–water partition coefficient (Wildman–Crippen LogP) is 4.96. The van der Waals surface area contributed by atoms with Crippen LogP contribution in [0.5, 0.6) is 11.5 Å². The molecule has 4 nitrogen and oxygen atoms in total. The van der Waals surface area contributed by atoms with E-state index in [-0.39, 0.29) is 11.7 Å². The zero-order valence-electron chi connectivity index (χ0n) is 13.2. The van der Waals surface area contributed by atoms with Crippen LogP contribution in [0.1, 0.15) is 12.5 Å². The summed E-state index contributed by atoms with van der Waals surface area (Å²) >= 11 is 10.0. The minimum atomic E-state index is -0.167. The normalized spacial score (nSPS) is 15.9. The summed E-state index contributed by atoms with van der Waals surface area (Å²) in [7, 11) is 0. The number of ether oxygens (including phenoxy) is 1. The number of benzene rings is 2. The van der Waals surface area contributed by atoms with Crippen molar-refractivity contribution in [2.45, 2.75) is 6.92 Å². The summed E-state index contributed by atoms with van der Waals surface area (Å²) in [5.41, 5.74) is 1.48. The van der Waals surface area contributed by atoms with E-state index in [4.69, 9.17) is 17.0 Å². The fourth-order valence-corrected chi connectivity index (χ4v) is 4.03. The molecular weight excluding hydrogens is 422 g/mol. The Kier molecular flexibility index (Phi) is 5.46. The minimum absolute atomic E-state index is 0.0701. The molecule has 0 atom stereocenters. The third-order valence-corrected chi connectivity index (χ3v) is 5.24. The van der Waals surface area contributed by atoms with Gasteiger partial charge in [0.2, 0.25) is 0 Å². The van der Waals surface area contributed by atoms with Crippen LogP contribution in [0.15, 0.2) is 51.8 Å². The molecule has 0 radical (unpaired) electrons. The van der Waals surface area contributed by atoms with Crippen LogP contribution in [0.4, 0.5) is 5.69 Å². The van der Waals surface area contributed by atoms with Crippen LogP contribution in [0, 0.1) is 0 Å². The second-order valence-electron chi connectivity index (χ2n) is 5.16. The molecule has 128 valence electrons. The van der Waals surface area contributed by atoms with Gasteiger partial charge in [0.1, 0.15) is 0 Å². The summed E-state index contributed by atoms with van der Waals surface area (Å²) in [6, 6.07) is 12.4. The van der Waals surface area contributed by atoms with Gasteiger partial charge >= 0.3 is 0 Å². The van der Waals surface area contributed by atoms with E-state index in [1.54, 1.807) is 24.3 Å². The van der Waals surface area contributed by atoms with Gasteiger partial charge in [-0.1, -0.05) is 52.0 Å². The van der Waals surface area contributed by atoms with Crippen molar-refractivity contribution in [1.82, 2.24) is 0 Å². The second-order valence-corrected chi connectivity index (χ2v) is 7.75. The number of carbonyl (C=O) groups excluding carboxylic acids is 1. The van der Waals surface area contributed by atoms with Gasteiger partial charge in [-0.3, -0.25) is 9.69 Å². The van der Waals surface area contributed by atoms with Crippen LogP contribution >= 0.6 is 39.9 Å². The third-order valence-electron chi connectivity index (χ3n) is 3.44. The van der Waals surface area contributed by atoms with Crippen molar-refractivity contribution < 1.29 is 14.6 Å². The number of hydrogen-bond acceptors (Lipinski definition) is 5. The summed E-state index contributed by atoms with van der Waals surface area (Å²) in [5, 5.41) is 9.79. The van der Waals surface area contributed by atoms with Crippen LogP contribution in [-0.2, 0) is 4.79 Å². The Morgan fingerprint density at radius 2 is 2.12 bits per heavy atom. The van der Waals surface area contributed by atoms with Crippen LogP contribution < -0.4 is 9.64 Å². The topological polar surface area (TPSA) is 49.8 Å². The van der Waals surface area contributed by atoms with Crippen molar-refractivity contribution in [3.05, 3.63) is 57.4 Å². The largest absolute Gasteiger partial charge is 0.504 e. The Bertz CT molecular complexity index is 882. The molecule has 1 heterocycles. The molecule has 1 amide bonds. The zero-order valence-corrected chi connectivity index (χ0v) is 16.5. The molecule has 1 aliphatic heterocycles. The van der Waals surface area contributed by atoms with Gasteiger partial charge in [0.05, 0.1) is 17.2 Å². The molecule has 3 rings (SSSR count). The number of rotatable bonds is 4. The summed E-state index contributed by atoms with van der Waals surface area (Å²) in [5.74, 6) is 0.290. The molecule has 0 bridgehead atoms. The first-order valence-electron chi connectivity index (χ1n) is 7.49. The predicted molar refractivity (Wildman–Crippen MR) is 109 cm³/mol. The Labute approximate surface area is 163 Å². The van der Waals surface area contributed by atoms with Gasteiger partial charge in [-0.2, -0.15) is 0 Å². The van der Waals surface area contributed by atoms with Crippen LogP contribution in [0.3, 0.4) is 0 Å². The minimum Gasteiger partial charge on any atom is -0.504 e. The number of nitrogens with zero attached hydrogens (tertiary/aromatic N) is 1. The molecule has 7 heteroatoms. The lowest BCUT2D eigenvalue weighted by Crippen LogP contribution is -2.27. The van der Waals surface area contributed by atoms with E-state index >= 15 is 0 Å². The highest BCUT2D eigenvalue weighted by Gasteiger charge is 2.33. The molecule has 0 unspecified atom stereocenters. The molecule has 0 aliphatic carbocycles. The lowest BCUT2D eigenvalue weighted by Gasteiger charge is -2.14. The third kappa shape index (κ3) is 3.89. The number of halogens is 1. The molecule has 2 aromatic carbocycles. The van der Waals surface area contributed by atoms with Crippen LogP contribution in [-0.4, -0.2) is 21.9 Å². The maximum absolute atomic E-state index is 12.8. The quantitative estimate of drug-likeness (QED) is 0.543. The molecule has 1 saturated heterocycles. The fraction of sp³-hybridized carbons (Fsp3) is 0.111. The average Bonchev–Trinajstić information content (AvgIpc) is 2.85. The summed E-state index contributed by atoms with van der Waals surface area (Å²) in [6.07, 6.45) is 1.75. The van der Waals surface area contributed by atoms with Crippen LogP contribution in [0.25, 0.3) is 6.08 Å². The van der Waals surface area contributed by atoms with Crippen molar-refractivity contribution in [2.24, 2.45) is 0 Å². The lowest BCUT2D eigenvalue weighted by atomic mass is 10.2. The van der Waals surface area contributed by atoms with E-state index in [9.17, 15) is 9.90 Å². The molecular formula is C18H14BrNO3S2. The molecule has 1 fully saturated rings. The smallest absolute Gasteiger partial charge is 0.270 e. The molecule has 0 saturated carbocycles. The van der Waals surface area contributed by atoms with Crippen molar-refractivity contribution >= 4 is 61.9 Å². The van der Waals surface area contributed by atoms with Gasteiger partial charge in [0, 0.05) is 4.47 Å². The van der Waals surface area contributed by atoms with Gasteiger partial charge < -0.3 is 9.84 Å². The van der Waals surface area contributed by atoms with Crippen molar-refractivity contribution in [2.75, 3.05) is 11.5 Å². The first kappa shape index (κ1) is 18.0. The van der Waals surface area contributed by atoms with E-state index in [1.807, 2.05) is 31.2 Å². The number of aromatic hydroxyl groups is 1. The van der Waals surface area contributed by atoms with Crippen molar-refractivity contribution in [3.8, 4) is 11.5 Å². The number of phenols is 1.